The first kappa shape index (κ1) is 13.5. The molecular formula is C7H11N2O7P. The number of phosphoric ester groups is 1. The highest BCUT2D eigenvalue weighted by molar-refractivity contribution is 7.48. The molecule has 96 valence electrons. The van der Waals surface area contributed by atoms with Gasteiger partial charge in [-0.1, -0.05) is 0 Å². The van der Waals surface area contributed by atoms with E-state index in [0.29, 0.717) is 0 Å². The minimum Gasteiger partial charge on any atom is -0.479 e. The predicted molar refractivity (Wildman–Crippen MR) is 56.5 cm³/mol. The van der Waals surface area contributed by atoms with Gasteiger partial charge in [-0.25, -0.2) is 9.36 Å². The molecule has 0 unspecified atom stereocenters. The average molecular weight is 266 g/mol. The summed E-state index contributed by atoms with van der Waals surface area (Å²) in [5, 5.41) is 0. The number of nitrogens with one attached hydrogen (secondary N) is 2. The van der Waals surface area contributed by atoms with Gasteiger partial charge in [-0.15, -0.1) is 0 Å². The van der Waals surface area contributed by atoms with Gasteiger partial charge in [-0.05, 0) is 0 Å². The third kappa shape index (κ3) is 2.96. The van der Waals surface area contributed by atoms with E-state index < -0.39 is 24.8 Å². The zero-order valence-electron chi connectivity index (χ0n) is 9.30. The summed E-state index contributed by atoms with van der Waals surface area (Å²) >= 11 is 0. The number of phosphoric acid groups is 1. The third-order valence-corrected chi connectivity index (χ3v) is 3.02. The van der Waals surface area contributed by atoms with Crippen LogP contribution in [0, 0.1) is 0 Å². The van der Waals surface area contributed by atoms with Crippen LogP contribution >= 0.6 is 7.82 Å². The van der Waals surface area contributed by atoms with E-state index in [-0.39, 0.29) is 5.88 Å². The first-order valence-corrected chi connectivity index (χ1v) is 5.73. The summed E-state index contributed by atoms with van der Waals surface area (Å²) in [7, 11) is -0.551. The van der Waals surface area contributed by atoms with Gasteiger partial charge in [-0.2, -0.15) is 0 Å². The molecule has 0 amide bonds. The van der Waals surface area contributed by atoms with Crippen LogP contribution in [0.25, 0.3) is 0 Å². The summed E-state index contributed by atoms with van der Waals surface area (Å²) in [6.07, 6.45) is 0. The standard InChI is InChI=1S/C7H11N2O7P/c1-13-6-4(5(10)8-7(11)9-6)16-17(12,14-2)15-3/h1-3H3,(H2,8,9,10,11). The quantitative estimate of drug-likeness (QED) is 0.711. The van der Waals surface area contributed by atoms with Gasteiger partial charge in [0, 0.05) is 14.2 Å². The second-order valence-corrected chi connectivity index (χ2v) is 4.48. The van der Waals surface area contributed by atoms with Gasteiger partial charge in [0.25, 0.3) is 5.75 Å². The molecule has 0 aliphatic carbocycles. The molecule has 0 spiro atoms. The molecule has 0 aliphatic heterocycles. The molecule has 1 heterocycles. The summed E-state index contributed by atoms with van der Waals surface area (Å²) < 4.78 is 30.1. The van der Waals surface area contributed by atoms with E-state index in [0.717, 1.165) is 14.2 Å². The van der Waals surface area contributed by atoms with E-state index in [1.807, 2.05) is 4.98 Å². The largest absolute Gasteiger partial charge is 0.529 e. The van der Waals surface area contributed by atoms with Crippen molar-refractivity contribution in [2.75, 3.05) is 21.3 Å². The van der Waals surface area contributed by atoms with Gasteiger partial charge in [0.1, 0.15) is 0 Å². The Morgan fingerprint density at radius 2 is 1.65 bits per heavy atom. The minimum absolute atomic E-state index is 0.284. The van der Waals surface area contributed by atoms with Crippen molar-refractivity contribution < 1.29 is 22.9 Å². The summed E-state index contributed by atoms with van der Waals surface area (Å²) in [5.41, 5.74) is -1.70. The Hall–Kier alpha value is -1.57. The zero-order chi connectivity index (χ0) is 13.1. The maximum Gasteiger partial charge on any atom is 0.529 e. The molecule has 1 rings (SSSR count). The fourth-order valence-electron chi connectivity index (χ4n) is 0.942. The van der Waals surface area contributed by atoms with Gasteiger partial charge >= 0.3 is 19.1 Å². The number of ether oxygens (including phenoxy) is 1. The number of rotatable bonds is 5. The maximum atomic E-state index is 11.7. The van der Waals surface area contributed by atoms with Crippen LogP contribution in [0.1, 0.15) is 0 Å². The third-order valence-electron chi connectivity index (χ3n) is 1.72. The number of hydrogen-bond donors (Lipinski definition) is 2. The Labute approximate surface area is 95.3 Å². The van der Waals surface area contributed by atoms with Crippen LogP contribution in [0.4, 0.5) is 0 Å². The van der Waals surface area contributed by atoms with Gasteiger partial charge in [0.15, 0.2) is 0 Å². The molecule has 1 aromatic rings. The SMILES string of the molecule is COc1[nH]c(=O)[nH]c(=O)c1OP(=O)(OC)OC. The number of hydrogen-bond acceptors (Lipinski definition) is 7. The van der Waals surface area contributed by atoms with Crippen LogP contribution in [0.5, 0.6) is 11.6 Å². The van der Waals surface area contributed by atoms with Crippen molar-refractivity contribution in [3.63, 3.8) is 0 Å². The number of aromatic nitrogens is 2. The lowest BCUT2D eigenvalue weighted by molar-refractivity contribution is 0.206. The van der Waals surface area contributed by atoms with Crippen molar-refractivity contribution in [2.24, 2.45) is 0 Å². The Balaban J connectivity index is 3.28. The molecule has 17 heavy (non-hydrogen) atoms. The summed E-state index contributed by atoms with van der Waals surface area (Å²) in [6.45, 7) is 0. The van der Waals surface area contributed by atoms with E-state index in [1.165, 1.54) is 7.11 Å². The van der Waals surface area contributed by atoms with Crippen molar-refractivity contribution in [1.29, 1.82) is 0 Å². The Morgan fingerprint density at radius 3 is 2.12 bits per heavy atom. The van der Waals surface area contributed by atoms with Crippen LogP contribution in [0.2, 0.25) is 0 Å². The first-order valence-electron chi connectivity index (χ1n) is 4.27. The Morgan fingerprint density at radius 1 is 1.06 bits per heavy atom. The molecule has 0 aliphatic rings. The molecule has 10 heteroatoms. The van der Waals surface area contributed by atoms with Gasteiger partial charge in [-0.3, -0.25) is 23.8 Å². The van der Waals surface area contributed by atoms with Gasteiger partial charge in [0.2, 0.25) is 5.88 Å². The summed E-state index contributed by atoms with van der Waals surface area (Å²) in [6, 6.07) is 0. The van der Waals surface area contributed by atoms with Crippen LogP contribution in [0.15, 0.2) is 9.59 Å². The second-order valence-electron chi connectivity index (χ2n) is 2.67. The van der Waals surface area contributed by atoms with E-state index >= 15 is 0 Å². The fraction of sp³-hybridized carbons (Fsp3) is 0.429. The molecule has 0 fully saturated rings. The van der Waals surface area contributed by atoms with Gasteiger partial charge in [0.05, 0.1) is 7.11 Å². The molecule has 0 atom stereocenters. The lowest BCUT2D eigenvalue weighted by atomic mass is 10.5. The van der Waals surface area contributed by atoms with Crippen LogP contribution in [0.3, 0.4) is 0 Å². The number of H-pyrrole nitrogens is 2. The Kier molecular flexibility index (Phi) is 4.11. The van der Waals surface area contributed by atoms with E-state index in [4.69, 9.17) is 9.26 Å². The van der Waals surface area contributed by atoms with E-state index in [1.54, 1.807) is 0 Å². The zero-order valence-corrected chi connectivity index (χ0v) is 10.2. The number of aromatic amines is 2. The molecule has 0 aromatic carbocycles. The van der Waals surface area contributed by atoms with Crippen molar-refractivity contribution in [3.8, 4) is 11.6 Å². The molecule has 0 radical (unpaired) electrons. The van der Waals surface area contributed by atoms with Crippen LogP contribution in [-0.4, -0.2) is 31.3 Å². The molecule has 0 saturated carbocycles. The van der Waals surface area contributed by atoms with Gasteiger partial charge < -0.3 is 9.26 Å². The topological polar surface area (TPSA) is 120 Å². The molecule has 0 bridgehead atoms. The average Bonchev–Trinajstić information content (AvgIpc) is 2.32. The summed E-state index contributed by atoms with van der Waals surface area (Å²) in [5.74, 6) is -0.785. The first-order chi connectivity index (χ1) is 7.95. The molecule has 0 saturated heterocycles. The lowest BCUT2D eigenvalue weighted by Gasteiger charge is -2.14. The van der Waals surface area contributed by atoms with E-state index in [9.17, 15) is 14.2 Å². The smallest absolute Gasteiger partial charge is 0.479 e. The minimum atomic E-state index is -3.91. The van der Waals surface area contributed by atoms with Crippen molar-refractivity contribution in [2.45, 2.75) is 0 Å². The monoisotopic (exact) mass is 266 g/mol. The molecule has 1 aromatic heterocycles. The lowest BCUT2D eigenvalue weighted by Crippen LogP contribution is -2.24. The molecule has 2 N–H and O–H groups in total. The van der Waals surface area contributed by atoms with Crippen molar-refractivity contribution in [3.05, 3.63) is 20.8 Å². The predicted octanol–water partition coefficient (Wildman–Crippen LogP) is -0.149. The van der Waals surface area contributed by atoms with Crippen LogP contribution < -0.4 is 20.5 Å². The Bertz CT molecular complexity index is 540. The highest BCUT2D eigenvalue weighted by Crippen LogP contribution is 2.48. The normalized spacial score (nSPS) is 11.2. The van der Waals surface area contributed by atoms with E-state index in [2.05, 4.69) is 14.0 Å². The van der Waals surface area contributed by atoms with Crippen LogP contribution in [-0.2, 0) is 13.6 Å². The van der Waals surface area contributed by atoms with Crippen molar-refractivity contribution in [1.82, 2.24) is 9.97 Å². The number of methoxy groups -OCH3 is 1. The van der Waals surface area contributed by atoms with Crippen molar-refractivity contribution >= 4 is 7.82 Å². The highest BCUT2D eigenvalue weighted by Gasteiger charge is 2.28. The fourth-order valence-corrected chi connectivity index (χ4v) is 1.63. The second kappa shape index (κ2) is 5.17. The maximum absolute atomic E-state index is 11.7. The highest BCUT2D eigenvalue weighted by atomic mass is 31.2. The molecular weight excluding hydrogens is 255 g/mol. The summed E-state index contributed by atoms with van der Waals surface area (Å²) in [4.78, 5) is 26.4. The molecule has 9 nitrogen and oxygen atoms in total.